The Bertz CT molecular complexity index is 716. The van der Waals surface area contributed by atoms with Gasteiger partial charge in [-0.3, -0.25) is 0 Å². The molecule has 0 aliphatic carbocycles. The third kappa shape index (κ3) is 2.42. The van der Waals surface area contributed by atoms with E-state index in [0.717, 1.165) is 20.6 Å². The zero-order chi connectivity index (χ0) is 13.4. The highest BCUT2D eigenvalue weighted by Crippen LogP contribution is 2.22. The number of aromatic nitrogens is 3. The first kappa shape index (κ1) is 12.4. The summed E-state index contributed by atoms with van der Waals surface area (Å²) in [7, 11) is 4.07. The monoisotopic (exact) mass is 364 g/mol. The molecule has 0 fully saturated rings. The fourth-order valence-electron chi connectivity index (χ4n) is 1.93. The molecule has 0 unspecified atom stereocenters. The molecule has 2 aromatic heterocycles. The Hall–Kier alpha value is -1.63. The van der Waals surface area contributed by atoms with Crippen LogP contribution in [0.2, 0.25) is 0 Å². The summed E-state index contributed by atoms with van der Waals surface area (Å²) in [5.74, 6) is 0. The first-order chi connectivity index (χ1) is 9.13. The van der Waals surface area contributed by atoms with Crippen molar-refractivity contribution in [1.29, 1.82) is 0 Å². The minimum Gasteiger partial charge on any atom is -0.378 e. The van der Waals surface area contributed by atoms with Gasteiger partial charge in [-0.1, -0.05) is 12.1 Å². The molecule has 3 aromatic rings. The van der Waals surface area contributed by atoms with Crippen LogP contribution in [0, 0.1) is 3.70 Å². The van der Waals surface area contributed by atoms with Crippen molar-refractivity contribution >= 4 is 33.9 Å². The Labute approximate surface area is 125 Å². The number of imidazole rings is 1. The maximum absolute atomic E-state index is 4.58. The molecule has 0 saturated carbocycles. The third-order valence-electron chi connectivity index (χ3n) is 2.97. The van der Waals surface area contributed by atoms with Crippen molar-refractivity contribution in [3.05, 3.63) is 46.3 Å². The van der Waals surface area contributed by atoms with E-state index in [9.17, 15) is 0 Å². The summed E-state index contributed by atoms with van der Waals surface area (Å²) in [6, 6.07) is 12.3. The van der Waals surface area contributed by atoms with E-state index in [0.29, 0.717) is 0 Å². The molecule has 1 aromatic carbocycles. The van der Waals surface area contributed by atoms with Crippen LogP contribution in [0.25, 0.3) is 16.9 Å². The predicted octanol–water partition coefficient (Wildman–Crippen LogP) is 3.07. The van der Waals surface area contributed by atoms with Gasteiger partial charge in [0.25, 0.3) is 0 Å². The van der Waals surface area contributed by atoms with Crippen molar-refractivity contribution in [2.24, 2.45) is 0 Å². The Balaban J connectivity index is 2.03. The van der Waals surface area contributed by atoms with E-state index in [1.165, 1.54) is 5.69 Å². The van der Waals surface area contributed by atoms with E-state index in [-0.39, 0.29) is 0 Å². The lowest BCUT2D eigenvalue weighted by molar-refractivity contribution is 0.914. The Morgan fingerprint density at radius 3 is 2.47 bits per heavy atom. The Morgan fingerprint density at radius 1 is 1.05 bits per heavy atom. The number of halogens is 1. The smallest absolute Gasteiger partial charge is 0.154 e. The molecular weight excluding hydrogens is 351 g/mol. The SMILES string of the molecule is CN(C)c1ccc(-c2cn3nc(I)ccc3n2)cc1. The summed E-state index contributed by atoms with van der Waals surface area (Å²) < 4.78 is 2.77. The number of benzene rings is 1. The van der Waals surface area contributed by atoms with Gasteiger partial charge in [-0.15, -0.1) is 0 Å². The van der Waals surface area contributed by atoms with Crippen LogP contribution in [-0.4, -0.2) is 28.7 Å². The van der Waals surface area contributed by atoms with Gasteiger partial charge in [0.1, 0.15) is 3.70 Å². The summed E-state index contributed by atoms with van der Waals surface area (Å²) in [5, 5.41) is 4.40. The molecule has 2 heterocycles. The minimum atomic E-state index is 0.868. The van der Waals surface area contributed by atoms with Crippen LogP contribution in [-0.2, 0) is 0 Å². The van der Waals surface area contributed by atoms with E-state index >= 15 is 0 Å². The first-order valence-electron chi connectivity index (χ1n) is 5.93. The van der Waals surface area contributed by atoms with Crippen molar-refractivity contribution < 1.29 is 0 Å². The van der Waals surface area contributed by atoms with Crippen LogP contribution in [0.15, 0.2) is 42.6 Å². The lowest BCUT2D eigenvalue weighted by Gasteiger charge is -2.11. The molecule has 0 atom stereocenters. The van der Waals surface area contributed by atoms with Crippen LogP contribution in [0.5, 0.6) is 0 Å². The molecule has 0 aliphatic heterocycles. The van der Waals surface area contributed by atoms with Gasteiger partial charge in [0.05, 0.1) is 11.9 Å². The molecule has 19 heavy (non-hydrogen) atoms. The molecular formula is C14H13IN4. The van der Waals surface area contributed by atoms with Gasteiger partial charge >= 0.3 is 0 Å². The largest absolute Gasteiger partial charge is 0.378 e. The fraction of sp³-hybridized carbons (Fsp3) is 0.143. The quantitative estimate of drug-likeness (QED) is 0.656. The van der Waals surface area contributed by atoms with E-state index in [2.05, 4.69) is 61.8 Å². The van der Waals surface area contributed by atoms with Crippen molar-refractivity contribution in [3.63, 3.8) is 0 Å². The number of fused-ring (bicyclic) bond motifs is 1. The van der Waals surface area contributed by atoms with Gasteiger partial charge in [0.15, 0.2) is 5.65 Å². The minimum absolute atomic E-state index is 0.868. The number of hydrogen-bond donors (Lipinski definition) is 0. The molecule has 3 rings (SSSR count). The number of rotatable bonds is 2. The predicted molar refractivity (Wildman–Crippen MR) is 85.5 cm³/mol. The van der Waals surface area contributed by atoms with Crippen LogP contribution < -0.4 is 4.90 Å². The highest BCUT2D eigenvalue weighted by molar-refractivity contribution is 14.1. The Morgan fingerprint density at radius 2 is 1.79 bits per heavy atom. The van der Waals surface area contributed by atoms with Crippen LogP contribution >= 0.6 is 22.6 Å². The van der Waals surface area contributed by atoms with Crippen molar-refractivity contribution in [2.45, 2.75) is 0 Å². The van der Waals surface area contributed by atoms with Gasteiger partial charge in [0, 0.05) is 25.3 Å². The number of anilines is 1. The zero-order valence-electron chi connectivity index (χ0n) is 10.7. The van der Waals surface area contributed by atoms with Gasteiger partial charge < -0.3 is 4.90 Å². The van der Waals surface area contributed by atoms with Crippen molar-refractivity contribution in [1.82, 2.24) is 14.6 Å². The van der Waals surface area contributed by atoms with E-state index < -0.39 is 0 Å². The Kier molecular flexibility index (Phi) is 3.14. The van der Waals surface area contributed by atoms with Crippen molar-refractivity contribution in [3.8, 4) is 11.3 Å². The van der Waals surface area contributed by atoms with Gasteiger partial charge in [-0.2, -0.15) is 5.10 Å². The average molecular weight is 364 g/mol. The second-order valence-corrected chi connectivity index (χ2v) is 5.63. The highest BCUT2D eigenvalue weighted by atomic mass is 127. The molecule has 0 aliphatic rings. The van der Waals surface area contributed by atoms with Crippen LogP contribution in [0.3, 0.4) is 0 Å². The molecule has 0 N–H and O–H groups in total. The van der Waals surface area contributed by atoms with Crippen molar-refractivity contribution in [2.75, 3.05) is 19.0 Å². The van der Waals surface area contributed by atoms with Crippen LogP contribution in [0.1, 0.15) is 0 Å². The fourth-order valence-corrected chi connectivity index (χ4v) is 2.34. The second-order valence-electron chi connectivity index (χ2n) is 4.53. The molecule has 5 heteroatoms. The average Bonchev–Trinajstić information content (AvgIpc) is 2.81. The van der Waals surface area contributed by atoms with Gasteiger partial charge in [-0.25, -0.2) is 9.50 Å². The standard InChI is InChI=1S/C14H13IN4/c1-18(2)11-5-3-10(4-6-11)12-9-19-14(16-12)8-7-13(15)17-19/h3-9H,1-2H3. The summed E-state index contributed by atoms with van der Waals surface area (Å²) in [5.41, 5.74) is 4.10. The summed E-state index contributed by atoms with van der Waals surface area (Å²) in [4.78, 5) is 6.66. The molecule has 96 valence electrons. The molecule has 0 amide bonds. The van der Waals surface area contributed by atoms with Gasteiger partial charge in [0.2, 0.25) is 0 Å². The van der Waals surface area contributed by atoms with E-state index in [4.69, 9.17) is 0 Å². The maximum Gasteiger partial charge on any atom is 0.154 e. The topological polar surface area (TPSA) is 33.4 Å². The number of nitrogens with zero attached hydrogens (tertiary/aromatic N) is 4. The molecule has 0 bridgehead atoms. The molecule has 4 nitrogen and oxygen atoms in total. The summed E-state index contributed by atoms with van der Waals surface area (Å²) in [6.45, 7) is 0. The zero-order valence-corrected chi connectivity index (χ0v) is 12.9. The van der Waals surface area contributed by atoms with Gasteiger partial charge in [-0.05, 0) is 46.9 Å². The first-order valence-corrected chi connectivity index (χ1v) is 7.01. The third-order valence-corrected chi connectivity index (χ3v) is 3.54. The normalized spacial score (nSPS) is 10.9. The second kappa shape index (κ2) is 4.80. The summed E-state index contributed by atoms with van der Waals surface area (Å²) >= 11 is 2.20. The van der Waals surface area contributed by atoms with E-state index in [1.54, 1.807) is 0 Å². The van der Waals surface area contributed by atoms with E-state index in [1.807, 2.05) is 36.9 Å². The molecule has 0 saturated heterocycles. The molecule has 0 spiro atoms. The highest BCUT2D eigenvalue weighted by Gasteiger charge is 2.05. The summed E-state index contributed by atoms with van der Waals surface area (Å²) in [6.07, 6.45) is 1.96. The lowest BCUT2D eigenvalue weighted by atomic mass is 10.1. The number of hydrogen-bond acceptors (Lipinski definition) is 3. The van der Waals surface area contributed by atoms with Crippen LogP contribution in [0.4, 0.5) is 5.69 Å². The lowest BCUT2D eigenvalue weighted by Crippen LogP contribution is -2.07. The molecule has 0 radical (unpaired) electrons. The maximum atomic E-state index is 4.58.